The zero-order valence-corrected chi connectivity index (χ0v) is 10.6. The Hall–Kier alpha value is -0.890. The van der Waals surface area contributed by atoms with E-state index in [2.05, 4.69) is 12.2 Å². The number of halogens is 1. The van der Waals surface area contributed by atoms with Crippen LogP contribution in [0.1, 0.15) is 26.2 Å². The van der Waals surface area contributed by atoms with Crippen LogP contribution in [0, 0.1) is 5.92 Å². The molecule has 0 aliphatic heterocycles. The summed E-state index contributed by atoms with van der Waals surface area (Å²) in [7, 11) is 1.66. The molecule has 1 aromatic carbocycles. The van der Waals surface area contributed by atoms with Crippen molar-refractivity contribution in [3.05, 3.63) is 23.2 Å². The molecule has 16 heavy (non-hydrogen) atoms. The van der Waals surface area contributed by atoms with Gasteiger partial charge in [0.1, 0.15) is 0 Å². The predicted octanol–water partition coefficient (Wildman–Crippen LogP) is 3.95. The van der Waals surface area contributed by atoms with Gasteiger partial charge in [-0.05, 0) is 37.3 Å². The van der Waals surface area contributed by atoms with Crippen molar-refractivity contribution in [1.29, 1.82) is 0 Å². The van der Waals surface area contributed by atoms with Crippen molar-refractivity contribution >= 4 is 17.3 Å². The van der Waals surface area contributed by atoms with Gasteiger partial charge in [-0.15, -0.1) is 0 Å². The number of hydrogen-bond acceptors (Lipinski definition) is 2. The van der Waals surface area contributed by atoms with Crippen LogP contribution in [0.2, 0.25) is 5.02 Å². The zero-order chi connectivity index (χ0) is 11.5. The third kappa shape index (κ3) is 2.43. The van der Waals surface area contributed by atoms with Gasteiger partial charge in [0.15, 0.2) is 5.75 Å². The van der Waals surface area contributed by atoms with Gasteiger partial charge in [-0.2, -0.15) is 0 Å². The van der Waals surface area contributed by atoms with Crippen LogP contribution in [0.5, 0.6) is 5.75 Å². The summed E-state index contributed by atoms with van der Waals surface area (Å²) >= 11 is 6.08. The van der Waals surface area contributed by atoms with E-state index in [1.165, 1.54) is 19.3 Å². The molecule has 1 N–H and O–H groups in total. The first-order valence-corrected chi connectivity index (χ1v) is 6.17. The van der Waals surface area contributed by atoms with E-state index in [-0.39, 0.29) is 0 Å². The van der Waals surface area contributed by atoms with E-state index in [0.717, 1.165) is 17.4 Å². The van der Waals surface area contributed by atoms with E-state index in [1.54, 1.807) is 7.11 Å². The third-order valence-electron chi connectivity index (χ3n) is 3.23. The second-order valence-corrected chi connectivity index (χ2v) is 4.99. The summed E-state index contributed by atoms with van der Waals surface area (Å²) in [5.41, 5.74) is 1.01. The molecular formula is C13H18ClNO. The average Bonchev–Trinajstić information content (AvgIpc) is 2.64. The number of methoxy groups -OCH3 is 1. The van der Waals surface area contributed by atoms with Gasteiger partial charge >= 0.3 is 0 Å². The van der Waals surface area contributed by atoms with Crippen LogP contribution in [0.25, 0.3) is 0 Å². The highest BCUT2D eigenvalue weighted by Crippen LogP contribution is 2.35. The minimum Gasteiger partial charge on any atom is -0.493 e. The summed E-state index contributed by atoms with van der Waals surface area (Å²) in [5, 5.41) is 4.19. The smallest absolute Gasteiger partial charge is 0.160 e. The molecule has 1 aliphatic rings. The number of benzene rings is 1. The zero-order valence-electron chi connectivity index (χ0n) is 9.79. The van der Waals surface area contributed by atoms with Crippen molar-refractivity contribution in [2.45, 2.75) is 32.2 Å². The minimum absolute atomic E-state index is 0.558. The maximum absolute atomic E-state index is 6.08. The molecule has 3 heteroatoms. The second-order valence-electron chi connectivity index (χ2n) is 4.58. The molecule has 0 aromatic heterocycles. The Morgan fingerprint density at radius 3 is 2.81 bits per heavy atom. The van der Waals surface area contributed by atoms with Gasteiger partial charge in [0.25, 0.3) is 0 Å². The minimum atomic E-state index is 0.558. The molecule has 1 aliphatic carbocycles. The lowest BCUT2D eigenvalue weighted by molar-refractivity contribution is 0.416. The van der Waals surface area contributed by atoms with Gasteiger partial charge in [0, 0.05) is 6.04 Å². The number of ether oxygens (including phenoxy) is 1. The Balaban J connectivity index is 2.12. The quantitative estimate of drug-likeness (QED) is 0.863. The summed E-state index contributed by atoms with van der Waals surface area (Å²) in [5.74, 6) is 1.58. The molecule has 0 radical (unpaired) electrons. The van der Waals surface area contributed by atoms with Gasteiger partial charge in [0.05, 0.1) is 17.8 Å². The fourth-order valence-electron chi connectivity index (χ4n) is 2.39. The van der Waals surface area contributed by atoms with Crippen LogP contribution in [-0.2, 0) is 0 Å². The third-order valence-corrected chi connectivity index (χ3v) is 3.52. The molecule has 0 amide bonds. The Labute approximate surface area is 102 Å². The first-order valence-electron chi connectivity index (χ1n) is 5.79. The Bertz CT molecular complexity index is 367. The fraction of sp³-hybridized carbons (Fsp3) is 0.538. The van der Waals surface area contributed by atoms with Crippen LogP contribution in [-0.4, -0.2) is 13.2 Å². The van der Waals surface area contributed by atoms with Gasteiger partial charge in [-0.3, -0.25) is 0 Å². The number of hydrogen-bond donors (Lipinski definition) is 1. The van der Waals surface area contributed by atoms with Crippen molar-refractivity contribution in [1.82, 2.24) is 0 Å². The van der Waals surface area contributed by atoms with E-state index in [4.69, 9.17) is 16.3 Å². The molecule has 2 nitrogen and oxygen atoms in total. The first-order chi connectivity index (χ1) is 7.70. The molecule has 1 saturated carbocycles. The van der Waals surface area contributed by atoms with E-state index in [0.29, 0.717) is 11.1 Å². The molecule has 2 atom stereocenters. The number of rotatable bonds is 3. The molecule has 0 saturated heterocycles. The molecule has 1 aromatic rings. The van der Waals surface area contributed by atoms with Gasteiger partial charge in [0.2, 0.25) is 0 Å². The lowest BCUT2D eigenvalue weighted by Gasteiger charge is -2.17. The van der Waals surface area contributed by atoms with Crippen molar-refractivity contribution in [3.63, 3.8) is 0 Å². The van der Waals surface area contributed by atoms with Gasteiger partial charge in [-0.25, -0.2) is 0 Å². The summed E-state index contributed by atoms with van der Waals surface area (Å²) < 4.78 is 5.32. The highest BCUT2D eigenvalue weighted by Gasteiger charge is 2.22. The predicted molar refractivity (Wildman–Crippen MR) is 68.4 cm³/mol. The highest BCUT2D eigenvalue weighted by molar-refractivity contribution is 6.32. The molecule has 0 bridgehead atoms. The topological polar surface area (TPSA) is 21.3 Å². The lowest BCUT2D eigenvalue weighted by Crippen LogP contribution is -2.15. The van der Waals surface area contributed by atoms with Gasteiger partial charge in [-0.1, -0.05) is 24.6 Å². The van der Waals surface area contributed by atoms with Crippen molar-refractivity contribution in [2.24, 2.45) is 5.92 Å². The van der Waals surface area contributed by atoms with Gasteiger partial charge < -0.3 is 10.1 Å². The van der Waals surface area contributed by atoms with Crippen LogP contribution in [0.3, 0.4) is 0 Å². The second kappa shape index (κ2) is 4.96. The fourth-order valence-corrected chi connectivity index (χ4v) is 2.64. The van der Waals surface area contributed by atoms with Crippen molar-refractivity contribution in [3.8, 4) is 5.75 Å². The van der Waals surface area contributed by atoms with E-state index < -0.39 is 0 Å². The summed E-state index contributed by atoms with van der Waals surface area (Å²) in [4.78, 5) is 0. The summed E-state index contributed by atoms with van der Waals surface area (Å²) in [6.45, 7) is 2.30. The Kier molecular flexibility index (Phi) is 3.59. The summed E-state index contributed by atoms with van der Waals surface area (Å²) in [6, 6.07) is 6.38. The molecule has 2 rings (SSSR count). The van der Waals surface area contributed by atoms with E-state index in [9.17, 15) is 0 Å². The summed E-state index contributed by atoms with van der Waals surface area (Å²) in [6.07, 6.45) is 3.77. The van der Waals surface area contributed by atoms with Crippen LogP contribution in [0.4, 0.5) is 5.69 Å². The maximum atomic E-state index is 6.08. The SMILES string of the molecule is COc1c(Cl)cccc1NC1CCC(C)C1. The standard InChI is InChI=1S/C13H18ClNO/c1-9-6-7-10(8-9)15-12-5-3-4-11(14)13(12)16-2/h3-5,9-10,15H,6-8H2,1-2H3. The molecule has 0 spiro atoms. The Morgan fingerprint density at radius 2 is 2.19 bits per heavy atom. The number of para-hydroxylation sites is 1. The van der Waals surface area contributed by atoms with Crippen molar-refractivity contribution < 1.29 is 4.74 Å². The average molecular weight is 240 g/mol. The molecule has 0 heterocycles. The monoisotopic (exact) mass is 239 g/mol. The van der Waals surface area contributed by atoms with Crippen LogP contribution in [0.15, 0.2) is 18.2 Å². The molecule has 88 valence electrons. The first kappa shape index (κ1) is 11.6. The number of nitrogens with one attached hydrogen (secondary N) is 1. The van der Waals surface area contributed by atoms with E-state index >= 15 is 0 Å². The van der Waals surface area contributed by atoms with Crippen LogP contribution < -0.4 is 10.1 Å². The molecule has 2 unspecified atom stereocenters. The maximum Gasteiger partial charge on any atom is 0.160 e. The van der Waals surface area contributed by atoms with Crippen molar-refractivity contribution in [2.75, 3.05) is 12.4 Å². The molecule has 1 fully saturated rings. The lowest BCUT2D eigenvalue weighted by atomic mass is 10.1. The normalized spacial score (nSPS) is 24.4. The largest absolute Gasteiger partial charge is 0.493 e. The highest BCUT2D eigenvalue weighted by atomic mass is 35.5. The van der Waals surface area contributed by atoms with E-state index in [1.807, 2.05) is 18.2 Å². The number of anilines is 1. The van der Waals surface area contributed by atoms with Crippen LogP contribution >= 0.6 is 11.6 Å². The Morgan fingerprint density at radius 1 is 1.38 bits per heavy atom. The molecular weight excluding hydrogens is 222 g/mol.